The molecule has 172 valence electrons. The van der Waals surface area contributed by atoms with Gasteiger partial charge in [-0.25, -0.2) is 9.37 Å². The molecular formula is C26H19FN6O2. The van der Waals surface area contributed by atoms with Crippen LogP contribution in [0.15, 0.2) is 67.3 Å². The molecule has 0 aliphatic heterocycles. The number of aromatic nitrogens is 6. The Kier molecular flexibility index (Phi) is 4.88. The Labute approximate surface area is 198 Å². The van der Waals surface area contributed by atoms with Crippen molar-refractivity contribution in [2.24, 2.45) is 0 Å². The lowest BCUT2D eigenvalue weighted by Gasteiger charge is -2.06. The van der Waals surface area contributed by atoms with Crippen LogP contribution in [-0.2, 0) is 0 Å². The highest BCUT2D eigenvalue weighted by molar-refractivity contribution is 6.00. The summed E-state index contributed by atoms with van der Waals surface area (Å²) in [5.41, 5.74) is 6.08. The number of benzene rings is 1. The second-order valence-corrected chi connectivity index (χ2v) is 7.99. The number of aromatic amines is 2. The van der Waals surface area contributed by atoms with Crippen molar-refractivity contribution in [1.29, 1.82) is 0 Å². The highest BCUT2D eigenvalue weighted by Gasteiger charge is 2.16. The van der Waals surface area contributed by atoms with E-state index in [1.165, 1.54) is 19.2 Å². The first-order valence-electron chi connectivity index (χ1n) is 10.8. The third-order valence-corrected chi connectivity index (χ3v) is 5.89. The van der Waals surface area contributed by atoms with E-state index in [-0.39, 0.29) is 5.82 Å². The van der Waals surface area contributed by atoms with Crippen molar-refractivity contribution in [3.8, 4) is 45.3 Å². The molecule has 0 atom stereocenters. The number of nitrogens with one attached hydrogen (secondary N) is 2. The van der Waals surface area contributed by atoms with E-state index in [1.807, 2.05) is 24.3 Å². The van der Waals surface area contributed by atoms with Crippen molar-refractivity contribution in [3.05, 3.63) is 73.1 Å². The summed E-state index contributed by atoms with van der Waals surface area (Å²) in [6.45, 7) is 0. The topological polar surface area (TPSA) is 102 Å². The predicted molar refractivity (Wildman–Crippen MR) is 131 cm³/mol. The lowest BCUT2D eigenvalue weighted by Crippen LogP contribution is -1.89. The maximum absolute atomic E-state index is 14.2. The van der Waals surface area contributed by atoms with Gasteiger partial charge >= 0.3 is 0 Å². The molecule has 0 spiro atoms. The Balaban J connectivity index is 1.48. The molecule has 0 amide bonds. The summed E-state index contributed by atoms with van der Waals surface area (Å²) < 4.78 is 24.7. The summed E-state index contributed by atoms with van der Waals surface area (Å²) in [6.07, 6.45) is 6.87. The van der Waals surface area contributed by atoms with Crippen LogP contribution in [-0.4, -0.2) is 44.4 Å². The minimum atomic E-state index is -0.390. The van der Waals surface area contributed by atoms with Crippen molar-refractivity contribution in [2.75, 3.05) is 14.2 Å². The van der Waals surface area contributed by atoms with Gasteiger partial charge in [-0.05, 0) is 36.4 Å². The van der Waals surface area contributed by atoms with Crippen LogP contribution >= 0.6 is 0 Å². The molecule has 0 bridgehead atoms. The van der Waals surface area contributed by atoms with Gasteiger partial charge in [-0.15, -0.1) is 0 Å². The molecule has 0 unspecified atom stereocenters. The van der Waals surface area contributed by atoms with Crippen molar-refractivity contribution in [1.82, 2.24) is 30.1 Å². The van der Waals surface area contributed by atoms with Crippen molar-refractivity contribution in [2.45, 2.75) is 0 Å². The van der Waals surface area contributed by atoms with Gasteiger partial charge < -0.3 is 14.5 Å². The summed E-state index contributed by atoms with van der Waals surface area (Å²) in [4.78, 5) is 16.7. The zero-order valence-corrected chi connectivity index (χ0v) is 18.8. The van der Waals surface area contributed by atoms with Gasteiger partial charge in [-0.1, -0.05) is 0 Å². The quantitative estimate of drug-likeness (QED) is 0.353. The number of fused-ring (bicyclic) bond motifs is 2. The first-order valence-corrected chi connectivity index (χ1v) is 10.8. The zero-order valence-electron chi connectivity index (χ0n) is 18.8. The van der Waals surface area contributed by atoms with Crippen molar-refractivity contribution < 1.29 is 13.9 Å². The SMILES string of the molecule is COc1cncc(-c2cnc3n[nH]c(-c4cc5c(-c6cc(F)cc(OC)c6)nccc5[nH]4)c3c2)c1. The third-order valence-electron chi connectivity index (χ3n) is 5.89. The van der Waals surface area contributed by atoms with E-state index in [4.69, 9.17) is 9.47 Å². The summed E-state index contributed by atoms with van der Waals surface area (Å²) in [7, 11) is 3.11. The molecule has 8 nitrogen and oxygen atoms in total. The first kappa shape index (κ1) is 20.8. The normalized spacial score (nSPS) is 11.3. The second kappa shape index (κ2) is 8.21. The van der Waals surface area contributed by atoms with Crippen LogP contribution in [0.4, 0.5) is 4.39 Å². The Morgan fingerprint density at radius 2 is 1.63 bits per heavy atom. The average molecular weight is 466 g/mol. The smallest absolute Gasteiger partial charge is 0.181 e. The number of halogens is 1. The maximum Gasteiger partial charge on any atom is 0.181 e. The van der Waals surface area contributed by atoms with E-state index >= 15 is 0 Å². The standard InChI is InChI=1S/C26H19FN6O2/c1-34-18-6-14(5-17(27)9-18)24-20-10-23(31-22(20)3-4-29-24)25-21-8-16(12-30-26(21)33-32-25)15-7-19(35-2)13-28-11-15/h3-13,31H,1-2H3,(H,30,32,33). The molecule has 6 rings (SSSR count). The largest absolute Gasteiger partial charge is 0.497 e. The molecule has 2 N–H and O–H groups in total. The Hall–Kier alpha value is -4.79. The minimum Gasteiger partial charge on any atom is -0.497 e. The van der Waals surface area contributed by atoms with Crippen LogP contribution < -0.4 is 9.47 Å². The Morgan fingerprint density at radius 1 is 0.800 bits per heavy atom. The number of hydrogen-bond donors (Lipinski definition) is 2. The van der Waals surface area contributed by atoms with E-state index in [1.54, 1.807) is 38.0 Å². The Morgan fingerprint density at radius 3 is 2.49 bits per heavy atom. The molecule has 5 aromatic heterocycles. The maximum atomic E-state index is 14.2. The van der Waals surface area contributed by atoms with E-state index < -0.39 is 0 Å². The van der Waals surface area contributed by atoms with Crippen LogP contribution in [0.1, 0.15) is 0 Å². The van der Waals surface area contributed by atoms with Crippen LogP contribution in [0, 0.1) is 5.82 Å². The molecule has 0 aliphatic carbocycles. The summed E-state index contributed by atoms with van der Waals surface area (Å²) in [5, 5.41) is 9.16. The van der Waals surface area contributed by atoms with Crippen LogP contribution in [0.5, 0.6) is 11.5 Å². The average Bonchev–Trinajstić information content (AvgIpc) is 3.51. The fraction of sp³-hybridized carbons (Fsp3) is 0.0769. The minimum absolute atomic E-state index is 0.390. The molecule has 0 saturated carbocycles. The Bertz CT molecular complexity index is 1710. The van der Waals surface area contributed by atoms with Crippen LogP contribution in [0.25, 0.3) is 55.7 Å². The lowest BCUT2D eigenvalue weighted by molar-refractivity contribution is 0.411. The molecule has 9 heteroatoms. The molecule has 1 aromatic carbocycles. The van der Waals surface area contributed by atoms with E-state index in [0.717, 1.165) is 38.8 Å². The first-order chi connectivity index (χ1) is 17.1. The van der Waals surface area contributed by atoms with E-state index in [9.17, 15) is 4.39 Å². The second-order valence-electron chi connectivity index (χ2n) is 7.99. The molecule has 5 heterocycles. The summed E-state index contributed by atoms with van der Waals surface area (Å²) in [5.74, 6) is 0.707. The van der Waals surface area contributed by atoms with Gasteiger partial charge in [-0.2, -0.15) is 5.10 Å². The fourth-order valence-electron chi connectivity index (χ4n) is 4.19. The van der Waals surface area contributed by atoms with Crippen molar-refractivity contribution in [3.63, 3.8) is 0 Å². The monoisotopic (exact) mass is 466 g/mol. The third kappa shape index (κ3) is 3.63. The van der Waals surface area contributed by atoms with Crippen molar-refractivity contribution >= 4 is 21.9 Å². The van der Waals surface area contributed by atoms with Crippen LogP contribution in [0.2, 0.25) is 0 Å². The molecule has 6 aromatic rings. The number of nitrogens with zero attached hydrogens (tertiary/aromatic N) is 4. The zero-order chi connectivity index (χ0) is 23.9. The molecule has 0 fully saturated rings. The van der Waals surface area contributed by atoms with Crippen LogP contribution in [0.3, 0.4) is 0 Å². The summed E-state index contributed by atoms with van der Waals surface area (Å²) in [6, 6.07) is 12.3. The van der Waals surface area contributed by atoms with Gasteiger partial charge in [0.25, 0.3) is 0 Å². The fourth-order valence-corrected chi connectivity index (χ4v) is 4.19. The number of hydrogen-bond acceptors (Lipinski definition) is 6. The molecule has 0 aliphatic rings. The molecule has 35 heavy (non-hydrogen) atoms. The van der Waals surface area contributed by atoms with Gasteiger partial charge in [-0.3, -0.25) is 15.1 Å². The number of ether oxygens (including phenoxy) is 2. The van der Waals surface area contributed by atoms with Gasteiger partial charge in [0, 0.05) is 57.6 Å². The van der Waals surface area contributed by atoms with Gasteiger partial charge in [0.15, 0.2) is 5.65 Å². The molecule has 0 radical (unpaired) electrons. The van der Waals surface area contributed by atoms with Gasteiger partial charge in [0.1, 0.15) is 17.3 Å². The number of methoxy groups -OCH3 is 2. The highest BCUT2D eigenvalue weighted by Crippen LogP contribution is 2.35. The lowest BCUT2D eigenvalue weighted by atomic mass is 10.1. The van der Waals surface area contributed by atoms with E-state index in [0.29, 0.717) is 28.4 Å². The number of H-pyrrole nitrogens is 2. The summed E-state index contributed by atoms with van der Waals surface area (Å²) >= 11 is 0. The predicted octanol–water partition coefficient (Wildman–Crippen LogP) is 5.39. The van der Waals surface area contributed by atoms with Gasteiger partial charge in [0.05, 0.1) is 37.5 Å². The highest BCUT2D eigenvalue weighted by atomic mass is 19.1. The molecular weight excluding hydrogens is 447 g/mol. The van der Waals surface area contributed by atoms with Gasteiger partial charge in [0.2, 0.25) is 0 Å². The number of pyridine rings is 3. The molecule has 0 saturated heterocycles. The number of rotatable bonds is 5. The van der Waals surface area contributed by atoms with E-state index in [2.05, 4.69) is 30.1 Å².